The van der Waals surface area contributed by atoms with Crippen molar-refractivity contribution in [3.63, 3.8) is 0 Å². The van der Waals surface area contributed by atoms with E-state index in [0.717, 1.165) is 22.4 Å². The zero-order chi connectivity index (χ0) is 18.4. The molecule has 2 N–H and O–H groups in total. The van der Waals surface area contributed by atoms with Crippen LogP contribution in [0.4, 0.5) is 0 Å². The number of benzene rings is 2. The number of carbonyl (C=O) groups excluding carboxylic acids is 1. The lowest BCUT2D eigenvalue weighted by Gasteiger charge is -2.23. The van der Waals surface area contributed by atoms with E-state index in [9.17, 15) is 9.90 Å². The first-order valence-corrected chi connectivity index (χ1v) is 8.34. The van der Waals surface area contributed by atoms with Gasteiger partial charge in [0.05, 0.1) is 19.9 Å². The van der Waals surface area contributed by atoms with Crippen molar-refractivity contribution in [1.82, 2.24) is 15.1 Å². The number of aromatic nitrogens is 2. The molecule has 134 valence electrons. The highest BCUT2D eigenvalue weighted by Crippen LogP contribution is 2.22. The van der Waals surface area contributed by atoms with Gasteiger partial charge >= 0.3 is 0 Å². The fourth-order valence-electron chi connectivity index (χ4n) is 2.84. The number of carbonyl (C=O) groups is 1. The average Bonchev–Trinajstić information content (AvgIpc) is 3.22. The van der Waals surface area contributed by atoms with Crippen LogP contribution < -0.4 is 4.74 Å². The molecule has 0 saturated carbocycles. The van der Waals surface area contributed by atoms with Gasteiger partial charge < -0.3 is 14.7 Å². The Morgan fingerprint density at radius 1 is 1.19 bits per heavy atom. The summed E-state index contributed by atoms with van der Waals surface area (Å²) in [7, 11) is 1.60. The molecule has 0 atom stereocenters. The molecule has 26 heavy (non-hydrogen) atoms. The van der Waals surface area contributed by atoms with E-state index >= 15 is 0 Å². The lowest BCUT2D eigenvalue weighted by Crippen LogP contribution is -2.33. The molecule has 6 nitrogen and oxygen atoms in total. The smallest absolute Gasteiger partial charge is 0.254 e. The maximum Gasteiger partial charge on any atom is 0.254 e. The van der Waals surface area contributed by atoms with Gasteiger partial charge in [-0.3, -0.25) is 9.89 Å². The Labute approximate surface area is 152 Å². The summed E-state index contributed by atoms with van der Waals surface area (Å²) in [5, 5.41) is 16.1. The predicted octanol–water partition coefficient (Wildman–Crippen LogP) is 2.72. The summed E-state index contributed by atoms with van der Waals surface area (Å²) in [4.78, 5) is 14.6. The Hall–Kier alpha value is -3.12. The van der Waals surface area contributed by atoms with Gasteiger partial charge in [0, 0.05) is 36.0 Å². The third kappa shape index (κ3) is 3.92. The molecule has 0 unspecified atom stereocenters. The zero-order valence-corrected chi connectivity index (χ0v) is 14.6. The molecule has 1 amide bonds. The average molecular weight is 351 g/mol. The molecule has 0 aliphatic carbocycles. The molecule has 0 saturated heterocycles. The number of aromatic amines is 1. The number of para-hydroxylation sites is 1. The van der Waals surface area contributed by atoms with Crippen molar-refractivity contribution in [1.29, 1.82) is 0 Å². The minimum atomic E-state index is -0.143. The Balaban J connectivity index is 1.86. The maximum absolute atomic E-state index is 13.0. The molecule has 1 aromatic heterocycles. The monoisotopic (exact) mass is 351 g/mol. The van der Waals surface area contributed by atoms with Gasteiger partial charge in [-0.25, -0.2) is 0 Å². The third-order valence-corrected chi connectivity index (χ3v) is 4.15. The number of aliphatic hydroxyl groups excluding tert-OH is 1. The van der Waals surface area contributed by atoms with E-state index in [1.165, 1.54) is 0 Å². The lowest BCUT2D eigenvalue weighted by atomic mass is 10.1. The molecule has 0 aliphatic heterocycles. The Bertz CT molecular complexity index is 862. The normalized spacial score (nSPS) is 10.5. The van der Waals surface area contributed by atoms with Crippen molar-refractivity contribution in [3.05, 3.63) is 72.1 Å². The van der Waals surface area contributed by atoms with Crippen molar-refractivity contribution in [2.45, 2.75) is 6.54 Å². The summed E-state index contributed by atoms with van der Waals surface area (Å²) >= 11 is 0. The lowest BCUT2D eigenvalue weighted by molar-refractivity contribution is 0.0706. The standard InChI is InChI=1S/C20H21N3O3/c1-26-19-8-3-2-5-17(19)14-23(9-10-24)20(25)16-7-4-6-15(11-16)18-12-21-22-13-18/h2-8,11-13,24H,9-10,14H2,1H3,(H,21,22). The van der Waals surface area contributed by atoms with E-state index in [1.807, 2.05) is 42.5 Å². The molecule has 2 aromatic carbocycles. The summed E-state index contributed by atoms with van der Waals surface area (Å²) in [6.45, 7) is 0.495. The van der Waals surface area contributed by atoms with Crippen LogP contribution in [0.2, 0.25) is 0 Å². The number of hydrogen-bond acceptors (Lipinski definition) is 4. The molecular weight excluding hydrogens is 330 g/mol. The van der Waals surface area contributed by atoms with Crippen LogP contribution in [0, 0.1) is 0 Å². The topological polar surface area (TPSA) is 78.5 Å². The summed E-state index contributed by atoms with van der Waals surface area (Å²) in [5.41, 5.74) is 3.28. The molecule has 0 bridgehead atoms. The van der Waals surface area contributed by atoms with E-state index < -0.39 is 0 Å². The second-order valence-corrected chi connectivity index (χ2v) is 5.83. The van der Waals surface area contributed by atoms with Gasteiger partial charge in [-0.2, -0.15) is 5.10 Å². The molecule has 0 radical (unpaired) electrons. The second-order valence-electron chi connectivity index (χ2n) is 5.83. The van der Waals surface area contributed by atoms with E-state index in [0.29, 0.717) is 12.1 Å². The van der Waals surface area contributed by atoms with E-state index in [2.05, 4.69) is 10.2 Å². The number of aliphatic hydroxyl groups is 1. The van der Waals surface area contributed by atoms with Crippen LogP contribution in [0.3, 0.4) is 0 Å². The number of H-pyrrole nitrogens is 1. The highest BCUT2D eigenvalue weighted by Gasteiger charge is 2.18. The van der Waals surface area contributed by atoms with Gasteiger partial charge in [-0.05, 0) is 23.8 Å². The quantitative estimate of drug-likeness (QED) is 0.686. The minimum absolute atomic E-state index is 0.109. The maximum atomic E-state index is 13.0. The summed E-state index contributed by atoms with van der Waals surface area (Å²) in [6, 6.07) is 14.9. The first-order valence-electron chi connectivity index (χ1n) is 8.34. The molecule has 1 heterocycles. The highest BCUT2D eigenvalue weighted by molar-refractivity contribution is 5.95. The van der Waals surface area contributed by atoms with Crippen LogP contribution in [0.25, 0.3) is 11.1 Å². The van der Waals surface area contributed by atoms with Crippen LogP contribution in [-0.2, 0) is 6.54 Å². The summed E-state index contributed by atoms with van der Waals surface area (Å²) in [6.07, 6.45) is 3.49. The largest absolute Gasteiger partial charge is 0.496 e. The third-order valence-electron chi connectivity index (χ3n) is 4.15. The van der Waals surface area contributed by atoms with Crippen molar-refractivity contribution in [2.24, 2.45) is 0 Å². The van der Waals surface area contributed by atoms with Crippen LogP contribution in [0.1, 0.15) is 15.9 Å². The summed E-state index contributed by atoms with van der Waals surface area (Å²) in [5.74, 6) is 0.575. The van der Waals surface area contributed by atoms with Gasteiger partial charge in [-0.1, -0.05) is 30.3 Å². The number of nitrogens with one attached hydrogen (secondary N) is 1. The van der Waals surface area contributed by atoms with Gasteiger partial charge in [0.15, 0.2) is 0 Å². The van der Waals surface area contributed by atoms with Crippen LogP contribution in [0.15, 0.2) is 60.9 Å². The minimum Gasteiger partial charge on any atom is -0.496 e. The molecule has 3 aromatic rings. The number of nitrogens with zero attached hydrogens (tertiary/aromatic N) is 2. The molecule has 0 aliphatic rings. The molecular formula is C20H21N3O3. The fraction of sp³-hybridized carbons (Fsp3) is 0.200. The first kappa shape index (κ1) is 17.7. The number of rotatable bonds is 7. The SMILES string of the molecule is COc1ccccc1CN(CCO)C(=O)c1cccc(-c2cn[nH]c2)c1. The molecule has 6 heteroatoms. The van der Waals surface area contributed by atoms with Gasteiger partial charge in [0.1, 0.15) is 5.75 Å². The first-order chi connectivity index (χ1) is 12.7. The van der Waals surface area contributed by atoms with Gasteiger partial charge in [-0.15, -0.1) is 0 Å². The fourth-order valence-corrected chi connectivity index (χ4v) is 2.84. The molecule has 0 spiro atoms. The van der Waals surface area contributed by atoms with Crippen molar-refractivity contribution in [3.8, 4) is 16.9 Å². The molecule has 0 fully saturated rings. The van der Waals surface area contributed by atoms with Crippen LogP contribution in [-0.4, -0.2) is 46.4 Å². The highest BCUT2D eigenvalue weighted by atomic mass is 16.5. The Kier molecular flexibility index (Phi) is 5.66. The predicted molar refractivity (Wildman–Crippen MR) is 98.8 cm³/mol. The van der Waals surface area contributed by atoms with E-state index in [-0.39, 0.29) is 19.1 Å². The van der Waals surface area contributed by atoms with Crippen LogP contribution in [0.5, 0.6) is 5.75 Å². The number of amides is 1. The Morgan fingerprint density at radius 3 is 2.77 bits per heavy atom. The van der Waals surface area contributed by atoms with Gasteiger partial charge in [0.25, 0.3) is 5.91 Å². The van der Waals surface area contributed by atoms with Crippen molar-refractivity contribution >= 4 is 5.91 Å². The summed E-state index contributed by atoms with van der Waals surface area (Å²) < 4.78 is 5.37. The zero-order valence-electron chi connectivity index (χ0n) is 14.6. The molecule has 3 rings (SSSR count). The Morgan fingerprint density at radius 2 is 2.04 bits per heavy atom. The second kappa shape index (κ2) is 8.31. The van der Waals surface area contributed by atoms with Crippen molar-refractivity contribution in [2.75, 3.05) is 20.3 Å². The van der Waals surface area contributed by atoms with Crippen LogP contribution >= 0.6 is 0 Å². The number of methoxy groups -OCH3 is 1. The van der Waals surface area contributed by atoms with E-state index in [4.69, 9.17) is 4.74 Å². The van der Waals surface area contributed by atoms with E-state index in [1.54, 1.807) is 30.5 Å². The van der Waals surface area contributed by atoms with Crippen molar-refractivity contribution < 1.29 is 14.6 Å². The van der Waals surface area contributed by atoms with Gasteiger partial charge in [0.2, 0.25) is 0 Å². The number of ether oxygens (including phenoxy) is 1. The number of hydrogen-bond donors (Lipinski definition) is 2.